The van der Waals surface area contributed by atoms with E-state index in [4.69, 9.17) is 4.98 Å². The van der Waals surface area contributed by atoms with E-state index in [2.05, 4.69) is 75.1 Å². The second-order valence-corrected chi connectivity index (χ2v) is 6.46. The van der Waals surface area contributed by atoms with Gasteiger partial charge >= 0.3 is 0 Å². The lowest BCUT2D eigenvalue weighted by Gasteiger charge is -2.10. The van der Waals surface area contributed by atoms with Crippen LogP contribution in [0.1, 0.15) is 22.5 Å². The van der Waals surface area contributed by atoms with E-state index >= 15 is 0 Å². The second kappa shape index (κ2) is 4.95. The van der Waals surface area contributed by atoms with E-state index in [1.165, 1.54) is 44.2 Å². The first kappa shape index (κ1) is 14.0. The molecule has 0 radical (unpaired) electrons. The summed E-state index contributed by atoms with van der Waals surface area (Å²) in [5, 5.41) is 2.51. The number of pyridine rings is 1. The van der Waals surface area contributed by atoms with E-state index in [1.54, 1.807) is 0 Å². The van der Waals surface area contributed by atoms with Crippen molar-refractivity contribution < 1.29 is 0 Å². The van der Waals surface area contributed by atoms with Gasteiger partial charge in [0.15, 0.2) is 0 Å². The van der Waals surface area contributed by atoms with Crippen molar-refractivity contribution in [2.75, 3.05) is 0 Å². The first-order valence-corrected chi connectivity index (χ1v) is 8.01. The Labute approximate surface area is 136 Å². The average Bonchev–Trinajstić information content (AvgIpc) is 2.83. The predicted molar refractivity (Wildman–Crippen MR) is 98.0 cm³/mol. The molecule has 0 aliphatic heterocycles. The summed E-state index contributed by atoms with van der Waals surface area (Å²) >= 11 is 0. The number of aromatic nitrogens is 2. The van der Waals surface area contributed by atoms with E-state index in [0.29, 0.717) is 0 Å². The van der Waals surface area contributed by atoms with Crippen LogP contribution in [0.3, 0.4) is 0 Å². The van der Waals surface area contributed by atoms with Crippen LogP contribution in [0.4, 0.5) is 0 Å². The van der Waals surface area contributed by atoms with E-state index in [-0.39, 0.29) is 0 Å². The summed E-state index contributed by atoms with van der Waals surface area (Å²) in [5.41, 5.74) is 9.63. The molecule has 114 valence electrons. The topological polar surface area (TPSA) is 28.7 Å². The van der Waals surface area contributed by atoms with E-state index in [0.717, 1.165) is 11.2 Å². The molecule has 0 aliphatic rings. The molecule has 2 heteroatoms. The Balaban J connectivity index is 2.17. The molecule has 0 unspecified atom stereocenters. The molecular formula is C21H20N2. The van der Waals surface area contributed by atoms with E-state index in [9.17, 15) is 0 Å². The molecule has 23 heavy (non-hydrogen) atoms. The van der Waals surface area contributed by atoms with Crippen LogP contribution in [0.2, 0.25) is 0 Å². The number of aryl methyl sites for hydroxylation is 4. The van der Waals surface area contributed by atoms with Crippen LogP contribution in [-0.2, 0) is 0 Å². The van der Waals surface area contributed by atoms with Gasteiger partial charge in [-0.1, -0.05) is 29.8 Å². The number of rotatable bonds is 1. The first-order valence-electron chi connectivity index (χ1n) is 8.01. The lowest BCUT2D eigenvalue weighted by atomic mass is 9.96. The Kier molecular flexibility index (Phi) is 3.02. The van der Waals surface area contributed by atoms with Gasteiger partial charge in [-0.25, -0.2) is 0 Å². The number of hydrogen-bond acceptors (Lipinski definition) is 1. The van der Waals surface area contributed by atoms with Crippen LogP contribution in [0.5, 0.6) is 0 Å². The quantitative estimate of drug-likeness (QED) is 0.486. The third kappa shape index (κ3) is 2.14. The monoisotopic (exact) mass is 300 g/mol. The smallest absolute Gasteiger partial charge is 0.0740 e. The molecule has 0 atom stereocenters. The zero-order valence-corrected chi connectivity index (χ0v) is 14.0. The number of H-pyrrole nitrogens is 1. The summed E-state index contributed by atoms with van der Waals surface area (Å²) in [6, 6.07) is 15.2. The molecule has 0 saturated carbocycles. The normalized spacial score (nSPS) is 11.5. The molecule has 0 spiro atoms. The third-order valence-corrected chi connectivity index (χ3v) is 4.58. The SMILES string of the molecule is Cc1ccc2[nH]c(C)c(-c3cc(C)nc4c(C)cccc34)c2c1. The number of benzene rings is 2. The number of nitrogens with one attached hydrogen (secondary N) is 1. The highest BCUT2D eigenvalue weighted by Gasteiger charge is 2.15. The van der Waals surface area contributed by atoms with Crippen LogP contribution in [0.25, 0.3) is 32.9 Å². The fourth-order valence-corrected chi connectivity index (χ4v) is 3.51. The molecule has 0 aliphatic carbocycles. The molecule has 0 saturated heterocycles. The zero-order chi connectivity index (χ0) is 16.1. The highest BCUT2D eigenvalue weighted by molar-refractivity contribution is 6.06. The Morgan fingerprint density at radius 3 is 2.52 bits per heavy atom. The second-order valence-electron chi connectivity index (χ2n) is 6.46. The minimum Gasteiger partial charge on any atom is -0.358 e. The van der Waals surface area contributed by atoms with Crippen molar-refractivity contribution in [1.82, 2.24) is 9.97 Å². The number of fused-ring (bicyclic) bond motifs is 2. The maximum absolute atomic E-state index is 4.76. The standard InChI is InChI=1S/C21H20N2/c1-12-8-9-19-18(10-12)20(15(4)23-19)17-11-14(3)22-21-13(2)6-5-7-16(17)21/h5-11,23H,1-4H3. The Hall–Kier alpha value is -2.61. The van der Waals surface area contributed by atoms with Gasteiger partial charge in [0.1, 0.15) is 0 Å². The molecule has 2 aromatic carbocycles. The van der Waals surface area contributed by atoms with Gasteiger partial charge in [-0.3, -0.25) is 4.98 Å². The fourth-order valence-electron chi connectivity index (χ4n) is 3.51. The largest absolute Gasteiger partial charge is 0.358 e. The van der Waals surface area contributed by atoms with Crippen molar-refractivity contribution in [2.24, 2.45) is 0 Å². The molecular weight excluding hydrogens is 280 g/mol. The van der Waals surface area contributed by atoms with E-state index < -0.39 is 0 Å². The predicted octanol–water partition coefficient (Wildman–Crippen LogP) is 5.62. The lowest BCUT2D eigenvalue weighted by Crippen LogP contribution is -1.91. The summed E-state index contributed by atoms with van der Waals surface area (Å²) in [5.74, 6) is 0. The van der Waals surface area contributed by atoms with Crippen LogP contribution in [-0.4, -0.2) is 9.97 Å². The summed E-state index contributed by atoms with van der Waals surface area (Å²) in [6.07, 6.45) is 0. The van der Waals surface area contributed by atoms with Crippen LogP contribution in [0, 0.1) is 27.7 Å². The maximum Gasteiger partial charge on any atom is 0.0740 e. The molecule has 0 fully saturated rings. The minimum absolute atomic E-state index is 1.06. The van der Waals surface area contributed by atoms with Gasteiger partial charge < -0.3 is 4.98 Å². The summed E-state index contributed by atoms with van der Waals surface area (Å²) in [7, 11) is 0. The Bertz CT molecular complexity index is 1050. The number of aromatic amines is 1. The van der Waals surface area contributed by atoms with E-state index in [1.807, 2.05) is 0 Å². The molecule has 2 aromatic heterocycles. The van der Waals surface area contributed by atoms with Gasteiger partial charge in [-0.15, -0.1) is 0 Å². The third-order valence-electron chi connectivity index (χ3n) is 4.58. The van der Waals surface area contributed by atoms with Crippen molar-refractivity contribution in [3.8, 4) is 11.1 Å². The Morgan fingerprint density at radius 2 is 1.70 bits per heavy atom. The van der Waals surface area contributed by atoms with Crippen molar-refractivity contribution in [2.45, 2.75) is 27.7 Å². The number of hydrogen-bond donors (Lipinski definition) is 1. The zero-order valence-electron chi connectivity index (χ0n) is 14.0. The van der Waals surface area contributed by atoms with Crippen molar-refractivity contribution in [3.63, 3.8) is 0 Å². The molecule has 4 aromatic rings. The molecule has 1 N–H and O–H groups in total. The maximum atomic E-state index is 4.76. The van der Waals surface area contributed by atoms with Crippen LogP contribution >= 0.6 is 0 Å². The highest BCUT2D eigenvalue weighted by atomic mass is 14.7. The number of nitrogens with zero attached hydrogens (tertiary/aromatic N) is 1. The number of para-hydroxylation sites is 1. The fraction of sp³-hybridized carbons (Fsp3) is 0.190. The molecule has 2 nitrogen and oxygen atoms in total. The van der Waals surface area contributed by atoms with Gasteiger partial charge in [0.2, 0.25) is 0 Å². The van der Waals surface area contributed by atoms with Gasteiger partial charge in [0.05, 0.1) is 5.52 Å². The van der Waals surface area contributed by atoms with Gasteiger partial charge in [-0.2, -0.15) is 0 Å². The highest BCUT2D eigenvalue weighted by Crippen LogP contribution is 2.37. The average molecular weight is 300 g/mol. The molecule has 4 rings (SSSR count). The summed E-state index contributed by atoms with van der Waals surface area (Å²) < 4.78 is 0. The van der Waals surface area contributed by atoms with Crippen LogP contribution < -0.4 is 0 Å². The molecule has 0 bridgehead atoms. The molecule has 2 heterocycles. The summed E-state index contributed by atoms with van der Waals surface area (Å²) in [4.78, 5) is 8.29. The minimum atomic E-state index is 1.06. The lowest BCUT2D eigenvalue weighted by molar-refractivity contribution is 1.24. The Morgan fingerprint density at radius 1 is 0.870 bits per heavy atom. The molecule has 0 amide bonds. The van der Waals surface area contributed by atoms with Crippen molar-refractivity contribution in [1.29, 1.82) is 0 Å². The van der Waals surface area contributed by atoms with Gasteiger partial charge in [0.25, 0.3) is 0 Å². The summed E-state index contributed by atoms with van der Waals surface area (Å²) in [6.45, 7) is 8.50. The van der Waals surface area contributed by atoms with Crippen molar-refractivity contribution in [3.05, 3.63) is 65.0 Å². The first-order chi connectivity index (χ1) is 11.0. The van der Waals surface area contributed by atoms with Gasteiger partial charge in [-0.05, 0) is 57.0 Å². The van der Waals surface area contributed by atoms with Crippen molar-refractivity contribution >= 4 is 21.8 Å². The van der Waals surface area contributed by atoms with Gasteiger partial charge in [0, 0.05) is 33.2 Å². The van der Waals surface area contributed by atoms with Crippen LogP contribution in [0.15, 0.2) is 42.5 Å².